The van der Waals surface area contributed by atoms with Crippen LogP contribution in [0.2, 0.25) is 0 Å². The number of fused-ring (bicyclic) bond motifs is 3. The largest absolute Gasteiger partial charge is 0.372 e. The van der Waals surface area contributed by atoms with Crippen molar-refractivity contribution in [3.05, 3.63) is 67.4 Å². The number of anilines is 4. The molecule has 6 heteroatoms. The maximum atomic E-state index is 4.85. The Morgan fingerprint density at radius 3 is 2.63 bits per heavy atom. The van der Waals surface area contributed by atoms with Gasteiger partial charge in [-0.3, -0.25) is 0 Å². The van der Waals surface area contributed by atoms with Crippen molar-refractivity contribution in [2.75, 3.05) is 34.2 Å². The van der Waals surface area contributed by atoms with Gasteiger partial charge in [0.1, 0.15) is 0 Å². The van der Waals surface area contributed by atoms with Gasteiger partial charge in [-0.2, -0.15) is 0 Å². The minimum absolute atomic E-state index is 0.618. The molecule has 0 amide bonds. The van der Waals surface area contributed by atoms with E-state index in [9.17, 15) is 0 Å². The van der Waals surface area contributed by atoms with E-state index in [-0.39, 0.29) is 0 Å². The van der Waals surface area contributed by atoms with Gasteiger partial charge in [0.25, 0.3) is 0 Å². The Hall–Kier alpha value is -2.99. The van der Waals surface area contributed by atoms with Crippen molar-refractivity contribution >= 4 is 35.0 Å². The number of aromatic nitrogens is 2. The number of hydrogen-bond acceptors (Lipinski definition) is 6. The van der Waals surface area contributed by atoms with Crippen LogP contribution in [0.1, 0.15) is 19.3 Å². The molecule has 1 saturated heterocycles. The maximum Gasteiger partial charge on any atom is 0.227 e. The van der Waals surface area contributed by atoms with Crippen LogP contribution in [-0.2, 0) is 0 Å². The molecule has 0 unspecified atom stereocenters. The van der Waals surface area contributed by atoms with Gasteiger partial charge in [0, 0.05) is 42.8 Å². The summed E-state index contributed by atoms with van der Waals surface area (Å²) in [5.41, 5.74) is 5.54. The second-order valence-electron chi connectivity index (χ2n) is 7.58. The topological polar surface area (TPSA) is 44.3 Å². The lowest BCUT2D eigenvalue weighted by atomic mass is 10.1. The molecule has 5 rings (SSSR count). The summed E-state index contributed by atoms with van der Waals surface area (Å²) in [6.07, 6.45) is 7.74. The van der Waals surface area contributed by atoms with Crippen LogP contribution >= 0.6 is 11.9 Å². The molecule has 3 aromatic rings. The molecule has 0 radical (unpaired) electrons. The third kappa shape index (κ3) is 3.75. The predicted molar refractivity (Wildman–Crippen MR) is 127 cm³/mol. The van der Waals surface area contributed by atoms with Crippen LogP contribution in [0.5, 0.6) is 0 Å². The molecule has 0 saturated carbocycles. The molecule has 1 aromatic heterocycles. The van der Waals surface area contributed by atoms with Crippen LogP contribution in [-0.4, -0.2) is 29.6 Å². The first-order valence-electron chi connectivity index (χ1n) is 10.5. The Labute approximate surface area is 182 Å². The van der Waals surface area contributed by atoms with Gasteiger partial charge >= 0.3 is 0 Å². The van der Waals surface area contributed by atoms with E-state index in [1.165, 1.54) is 24.9 Å². The van der Waals surface area contributed by atoms with E-state index in [2.05, 4.69) is 74.6 Å². The van der Waals surface area contributed by atoms with E-state index in [1.807, 2.05) is 12.3 Å². The zero-order valence-corrected chi connectivity index (χ0v) is 17.7. The summed E-state index contributed by atoms with van der Waals surface area (Å²) < 4.78 is 2.22. The van der Waals surface area contributed by atoms with Crippen molar-refractivity contribution in [2.24, 2.45) is 0 Å². The minimum atomic E-state index is 0.618. The Morgan fingerprint density at radius 2 is 1.83 bits per heavy atom. The fraction of sp³-hybridized carbons (Fsp3) is 0.250. The van der Waals surface area contributed by atoms with Gasteiger partial charge in [-0.1, -0.05) is 24.3 Å². The summed E-state index contributed by atoms with van der Waals surface area (Å²) in [5, 5.41) is 3.37. The average molecular weight is 416 g/mol. The molecule has 0 aliphatic carbocycles. The van der Waals surface area contributed by atoms with Gasteiger partial charge in [-0.25, -0.2) is 9.97 Å². The second-order valence-corrected chi connectivity index (χ2v) is 8.65. The lowest BCUT2D eigenvalue weighted by molar-refractivity contribution is 0.578. The molecule has 0 atom stereocenters. The Bertz CT molecular complexity index is 1040. The van der Waals surface area contributed by atoms with E-state index in [1.54, 1.807) is 11.9 Å². The van der Waals surface area contributed by atoms with E-state index < -0.39 is 0 Å². The van der Waals surface area contributed by atoms with E-state index in [0.29, 0.717) is 5.95 Å². The summed E-state index contributed by atoms with van der Waals surface area (Å²) in [4.78, 5) is 12.9. The molecule has 5 nitrogen and oxygen atoms in total. The third-order valence-corrected chi connectivity index (χ3v) is 6.59. The quantitative estimate of drug-likeness (QED) is 0.414. The SMILES string of the molecule is C=CCN1Sc2cnc(Nc3ccc(N4CCCCC4)cc3)nc2-c2ccccc21. The van der Waals surface area contributed by atoms with Gasteiger partial charge in [-0.15, -0.1) is 6.58 Å². The van der Waals surface area contributed by atoms with E-state index in [0.717, 1.165) is 47.2 Å². The number of para-hydroxylation sites is 1. The lowest BCUT2D eigenvalue weighted by Crippen LogP contribution is -2.29. The Kier molecular flexibility index (Phi) is 5.32. The summed E-state index contributed by atoms with van der Waals surface area (Å²) in [6.45, 7) is 6.96. The predicted octanol–water partition coefficient (Wildman–Crippen LogP) is 5.89. The van der Waals surface area contributed by atoms with Gasteiger partial charge in [-0.05, 0) is 61.5 Å². The Morgan fingerprint density at radius 1 is 1.03 bits per heavy atom. The highest BCUT2D eigenvalue weighted by atomic mass is 32.2. The Balaban J connectivity index is 1.38. The zero-order valence-electron chi connectivity index (χ0n) is 16.9. The molecule has 3 heterocycles. The summed E-state index contributed by atoms with van der Waals surface area (Å²) in [5.74, 6) is 0.618. The molecule has 0 bridgehead atoms. The maximum absolute atomic E-state index is 4.85. The van der Waals surface area contributed by atoms with Crippen LogP contribution in [0, 0.1) is 0 Å². The second kappa shape index (κ2) is 8.40. The molecule has 2 aromatic carbocycles. The van der Waals surface area contributed by atoms with E-state index >= 15 is 0 Å². The van der Waals surface area contributed by atoms with Gasteiger partial charge < -0.3 is 14.5 Å². The van der Waals surface area contributed by atoms with Gasteiger partial charge in [0.2, 0.25) is 5.95 Å². The van der Waals surface area contributed by atoms with Crippen LogP contribution in [0.4, 0.5) is 23.0 Å². The molecule has 1 fully saturated rings. The molecule has 152 valence electrons. The molecule has 0 spiro atoms. The van der Waals surface area contributed by atoms with Crippen LogP contribution < -0.4 is 14.5 Å². The van der Waals surface area contributed by atoms with Crippen molar-refractivity contribution in [1.29, 1.82) is 0 Å². The number of piperidine rings is 1. The number of nitrogens with one attached hydrogen (secondary N) is 1. The van der Waals surface area contributed by atoms with E-state index in [4.69, 9.17) is 4.98 Å². The average Bonchev–Trinajstić information content (AvgIpc) is 2.81. The monoisotopic (exact) mass is 415 g/mol. The molecular formula is C24H25N5S. The van der Waals surface area contributed by atoms with Crippen LogP contribution in [0.25, 0.3) is 11.3 Å². The third-order valence-electron chi connectivity index (χ3n) is 5.53. The molecular weight excluding hydrogens is 390 g/mol. The van der Waals surface area contributed by atoms with Crippen molar-refractivity contribution < 1.29 is 0 Å². The normalized spacial score (nSPS) is 15.3. The first-order chi connectivity index (χ1) is 14.8. The zero-order chi connectivity index (χ0) is 20.3. The van der Waals surface area contributed by atoms with Crippen LogP contribution in [0.3, 0.4) is 0 Å². The number of hydrogen-bond donors (Lipinski definition) is 1. The fourth-order valence-electron chi connectivity index (χ4n) is 4.04. The standard InChI is InChI=1S/C24H25N5S/c1-2-14-29-21-9-5-4-8-20(21)23-22(30-29)17-25-24(27-23)26-18-10-12-19(13-11-18)28-15-6-3-7-16-28/h2,4-5,8-13,17H,1,3,6-7,14-16H2,(H,25,26,27). The number of benzene rings is 2. The summed E-state index contributed by atoms with van der Waals surface area (Å²) in [7, 11) is 0. The fourth-order valence-corrected chi connectivity index (χ4v) is 5.06. The molecule has 2 aliphatic rings. The first kappa shape index (κ1) is 19.0. The summed E-state index contributed by atoms with van der Waals surface area (Å²) in [6, 6.07) is 17.0. The van der Waals surface area contributed by atoms with Crippen molar-refractivity contribution in [3.63, 3.8) is 0 Å². The smallest absolute Gasteiger partial charge is 0.227 e. The van der Waals surface area contributed by atoms with Gasteiger partial charge in [0.05, 0.1) is 16.3 Å². The first-order valence-corrected chi connectivity index (χ1v) is 11.2. The van der Waals surface area contributed by atoms with Crippen molar-refractivity contribution in [3.8, 4) is 11.3 Å². The molecule has 1 N–H and O–H groups in total. The highest BCUT2D eigenvalue weighted by Crippen LogP contribution is 2.45. The minimum Gasteiger partial charge on any atom is -0.372 e. The molecule has 2 aliphatic heterocycles. The number of rotatable bonds is 5. The summed E-state index contributed by atoms with van der Waals surface area (Å²) >= 11 is 1.66. The highest BCUT2D eigenvalue weighted by Gasteiger charge is 2.24. The van der Waals surface area contributed by atoms with Crippen molar-refractivity contribution in [1.82, 2.24) is 9.97 Å². The van der Waals surface area contributed by atoms with Crippen LogP contribution in [0.15, 0.2) is 72.3 Å². The highest BCUT2D eigenvalue weighted by molar-refractivity contribution is 8.00. The lowest BCUT2D eigenvalue weighted by Gasteiger charge is -2.29. The van der Waals surface area contributed by atoms with Crippen molar-refractivity contribution in [2.45, 2.75) is 24.2 Å². The van der Waals surface area contributed by atoms with Gasteiger partial charge in [0.15, 0.2) is 0 Å². The number of nitrogens with zero attached hydrogens (tertiary/aromatic N) is 4. The molecule has 30 heavy (non-hydrogen) atoms.